The predicted octanol–water partition coefficient (Wildman–Crippen LogP) is 4.12. The molecule has 0 atom stereocenters. The van der Waals surface area contributed by atoms with Gasteiger partial charge in [0, 0.05) is 35.7 Å². The second-order valence-electron chi connectivity index (χ2n) is 7.13. The first-order chi connectivity index (χ1) is 14.5. The second-order valence-corrected chi connectivity index (χ2v) is 8.81. The zero-order chi connectivity index (χ0) is 21.1. The van der Waals surface area contributed by atoms with Crippen molar-refractivity contribution in [2.75, 3.05) is 28.0 Å². The molecule has 30 heavy (non-hydrogen) atoms. The lowest BCUT2D eigenvalue weighted by molar-refractivity contribution is 0.102. The highest BCUT2D eigenvalue weighted by molar-refractivity contribution is 7.92. The van der Waals surface area contributed by atoms with Crippen molar-refractivity contribution in [1.82, 2.24) is 0 Å². The number of benzene rings is 3. The maximum atomic E-state index is 12.8. The molecule has 0 spiro atoms. The fraction of sp³-hybridized carbons (Fsp3) is 0.174. The number of rotatable bonds is 6. The number of sulfonamides is 1. The molecule has 1 aliphatic heterocycles. The van der Waals surface area contributed by atoms with Crippen molar-refractivity contribution in [3.05, 3.63) is 83.9 Å². The molecule has 6 nitrogen and oxygen atoms in total. The standard InChI is InChI=1S/C23H23N3O3S/c1-2-26-14-13-17-11-12-19(16-22(17)26)24-23(27)18-7-6-8-20(15-18)25-30(28,29)21-9-4-3-5-10-21/h3-12,15-16,25H,2,13-14H2,1H3,(H,24,27). The van der Waals surface area contributed by atoms with Gasteiger partial charge in [-0.2, -0.15) is 0 Å². The summed E-state index contributed by atoms with van der Waals surface area (Å²) in [6.45, 7) is 4.03. The minimum absolute atomic E-state index is 0.165. The zero-order valence-corrected chi connectivity index (χ0v) is 17.4. The number of hydrogen-bond acceptors (Lipinski definition) is 4. The summed E-state index contributed by atoms with van der Waals surface area (Å²) in [6, 6.07) is 20.5. The minimum Gasteiger partial charge on any atom is -0.371 e. The second kappa shape index (κ2) is 8.20. The van der Waals surface area contributed by atoms with E-state index >= 15 is 0 Å². The van der Waals surface area contributed by atoms with E-state index in [2.05, 4.69) is 21.9 Å². The minimum atomic E-state index is -3.72. The molecular weight excluding hydrogens is 398 g/mol. The van der Waals surface area contributed by atoms with Gasteiger partial charge in [0.05, 0.1) is 4.90 Å². The molecule has 7 heteroatoms. The SMILES string of the molecule is CCN1CCc2ccc(NC(=O)c3cccc(NS(=O)(=O)c4ccccc4)c3)cc21. The number of carbonyl (C=O) groups excluding carboxylic acids is 1. The molecule has 2 N–H and O–H groups in total. The topological polar surface area (TPSA) is 78.5 Å². The summed E-state index contributed by atoms with van der Waals surface area (Å²) >= 11 is 0. The number of carbonyl (C=O) groups is 1. The van der Waals surface area contributed by atoms with E-state index in [0.29, 0.717) is 11.3 Å². The van der Waals surface area contributed by atoms with Crippen molar-refractivity contribution in [3.8, 4) is 0 Å². The third-order valence-electron chi connectivity index (χ3n) is 5.15. The van der Waals surface area contributed by atoms with E-state index < -0.39 is 10.0 Å². The summed E-state index contributed by atoms with van der Waals surface area (Å²) in [6.07, 6.45) is 1.01. The van der Waals surface area contributed by atoms with Crippen LogP contribution in [0.4, 0.5) is 17.1 Å². The molecule has 4 rings (SSSR count). The molecule has 3 aromatic carbocycles. The molecule has 0 aliphatic carbocycles. The van der Waals surface area contributed by atoms with Crippen LogP contribution in [0.2, 0.25) is 0 Å². The average Bonchev–Trinajstić information content (AvgIpc) is 3.16. The summed E-state index contributed by atoms with van der Waals surface area (Å²) in [5.41, 5.74) is 3.86. The van der Waals surface area contributed by atoms with Crippen LogP contribution in [0, 0.1) is 0 Å². The van der Waals surface area contributed by atoms with Crippen LogP contribution in [0.1, 0.15) is 22.8 Å². The third kappa shape index (κ3) is 4.16. The fourth-order valence-corrected chi connectivity index (χ4v) is 4.66. The summed E-state index contributed by atoms with van der Waals surface area (Å²) < 4.78 is 27.6. The molecule has 1 heterocycles. The lowest BCUT2D eigenvalue weighted by Gasteiger charge is -2.17. The largest absolute Gasteiger partial charge is 0.371 e. The lowest BCUT2D eigenvalue weighted by atomic mass is 10.1. The quantitative estimate of drug-likeness (QED) is 0.628. The maximum absolute atomic E-state index is 12.8. The third-order valence-corrected chi connectivity index (χ3v) is 6.54. The molecule has 1 aliphatic rings. The highest BCUT2D eigenvalue weighted by atomic mass is 32.2. The van der Waals surface area contributed by atoms with E-state index in [-0.39, 0.29) is 10.8 Å². The Morgan fingerprint density at radius 1 is 0.967 bits per heavy atom. The number of nitrogens with zero attached hydrogens (tertiary/aromatic N) is 1. The van der Waals surface area contributed by atoms with Gasteiger partial charge in [0.1, 0.15) is 0 Å². The van der Waals surface area contributed by atoms with Gasteiger partial charge in [-0.05, 0) is 61.4 Å². The predicted molar refractivity (Wildman–Crippen MR) is 120 cm³/mol. The molecule has 0 saturated carbocycles. The highest BCUT2D eigenvalue weighted by Gasteiger charge is 2.19. The first-order valence-electron chi connectivity index (χ1n) is 9.83. The molecule has 3 aromatic rings. The Labute approximate surface area is 176 Å². The van der Waals surface area contributed by atoms with Crippen LogP contribution < -0.4 is 14.9 Å². The van der Waals surface area contributed by atoms with Gasteiger partial charge in [0.15, 0.2) is 0 Å². The Bertz CT molecular complexity index is 1180. The lowest BCUT2D eigenvalue weighted by Crippen LogP contribution is -2.19. The van der Waals surface area contributed by atoms with E-state index in [1.54, 1.807) is 36.4 Å². The number of nitrogens with one attached hydrogen (secondary N) is 2. The first-order valence-corrected chi connectivity index (χ1v) is 11.3. The van der Waals surface area contributed by atoms with Crippen molar-refractivity contribution in [3.63, 3.8) is 0 Å². The molecule has 0 radical (unpaired) electrons. The number of likely N-dealkylation sites (N-methyl/N-ethyl adjacent to an activating group) is 1. The van der Waals surface area contributed by atoms with E-state index in [1.165, 1.54) is 23.8 Å². The average molecular weight is 422 g/mol. The van der Waals surface area contributed by atoms with E-state index in [1.807, 2.05) is 18.2 Å². The number of fused-ring (bicyclic) bond motifs is 1. The van der Waals surface area contributed by atoms with Crippen molar-refractivity contribution in [2.45, 2.75) is 18.2 Å². The fourth-order valence-electron chi connectivity index (χ4n) is 3.59. The van der Waals surface area contributed by atoms with Gasteiger partial charge in [-0.3, -0.25) is 9.52 Å². The first kappa shape index (κ1) is 20.0. The van der Waals surface area contributed by atoms with E-state index in [9.17, 15) is 13.2 Å². The maximum Gasteiger partial charge on any atom is 0.261 e. The molecular formula is C23H23N3O3S. The normalized spacial score (nSPS) is 13.0. The van der Waals surface area contributed by atoms with E-state index in [4.69, 9.17) is 0 Å². The Morgan fingerprint density at radius 2 is 1.77 bits per heavy atom. The van der Waals surface area contributed by atoms with Gasteiger partial charge in [0.25, 0.3) is 15.9 Å². The van der Waals surface area contributed by atoms with Crippen molar-refractivity contribution >= 4 is 33.0 Å². The smallest absolute Gasteiger partial charge is 0.261 e. The van der Waals surface area contributed by atoms with Crippen LogP contribution in [0.25, 0.3) is 0 Å². The van der Waals surface area contributed by atoms with Gasteiger partial charge >= 0.3 is 0 Å². The van der Waals surface area contributed by atoms with Crippen LogP contribution in [0.5, 0.6) is 0 Å². The van der Waals surface area contributed by atoms with Gasteiger partial charge in [-0.25, -0.2) is 8.42 Å². The highest BCUT2D eigenvalue weighted by Crippen LogP contribution is 2.30. The number of hydrogen-bond donors (Lipinski definition) is 2. The zero-order valence-electron chi connectivity index (χ0n) is 16.6. The van der Waals surface area contributed by atoms with Crippen molar-refractivity contribution in [1.29, 1.82) is 0 Å². The Hall–Kier alpha value is -3.32. The monoisotopic (exact) mass is 421 g/mol. The van der Waals surface area contributed by atoms with Gasteiger partial charge in [-0.1, -0.05) is 30.3 Å². The Morgan fingerprint density at radius 3 is 2.53 bits per heavy atom. The Kier molecular flexibility index (Phi) is 5.46. The summed E-state index contributed by atoms with van der Waals surface area (Å²) in [4.78, 5) is 15.2. The van der Waals surface area contributed by atoms with E-state index in [0.717, 1.165) is 30.9 Å². The molecule has 0 unspecified atom stereocenters. The van der Waals surface area contributed by atoms with Gasteiger partial charge in [0.2, 0.25) is 0 Å². The molecule has 154 valence electrons. The number of amides is 1. The van der Waals surface area contributed by atoms with Crippen LogP contribution in [-0.4, -0.2) is 27.4 Å². The Balaban J connectivity index is 1.51. The molecule has 0 fully saturated rings. The molecule has 0 bridgehead atoms. The van der Waals surface area contributed by atoms with Crippen LogP contribution in [-0.2, 0) is 16.4 Å². The van der Waals surface area contributed by atoms with Crippen LogP contribution in [0.15, 0.2) is 77.7 Å². The van der Waals surface area contributed by atoms with Crippen LogP contribution >= 0.6 is 0 Å². The summed E-state index contributed by atoms with van der Waals surface area (Å²) in [5.74, 6) is -0.295. The molecule has 0 aromatic heterocycles. The molecule has 1 amide bonds. The van der Waals surface area contributed by atoms with Crippen molar-refractivity contribution in [2.24, 2.45) is 0 Å². The van der Waals surface area contributed by atoms with Gasteiger partial charge in [-0.15, -0.1) is 0 Å². The summed E-state index contributed by atoms with van der Waals surface area (Å²) in [7, 11) is -3.72. The number of anilines is 3. The van der Waals surface area contributed by atoms with Crippen LogP contribution in [0.3, 0.4) is 0 Å². The summed E-state index contributed by atoms with van der Waals surface area (Å²) in [5, 5.41) is 2.91. The molecule has 0 saturated heterocycles. The van der Waals surface area contributed by atoms with Gasteiger partial charge < -0.3 is 10.2 Å². The van der Waals surface area contributed by atoms with Crippen molar-refractivity contribution < 1.29 is 13.2 Å².